The lowest BCUT2D eigenvalue weighted by Crippen LogP contribution is -2.24. The predicted octanol–water partition coefficient (Wildman–Crippen LogP) is 3.86. The van der Waals surface area contributed by atoms with Crippen molar-refractivity contribution in [2.75, 3.05) is 6.61 Å². The van der Waals surface area contributed by atoms with Crippen LogP contribution in [0, 0.1) is 0 Å². The zero-order valence-corrected chi connectivity index (χ0v) is 13.5. The summed E-state index contributed by atoms with van der Waals surface area (Å²) in [6.07, 6.45) is 7.01. The summed E-state index contributed by atoms with van der Waals surface area (Å²) in [6.45, 7) is 0.774. The van der Waals surface area contributed by atoms with E-state index < -0.39 is 5.91 Å². The number of hydrogen-bond donors (Lipinski definition) is 1. The molecule has 24 heavy (non-hydrogen) atoms. The van der Waals surface area contributed by atoms with Crippen molar-refractivity contribution < 1.29 is 14.3 Å². The first-order chi connectivity index (χ1) is 11.7. The molecule has 1 atom stereocenters. The molecule has 0 saturated carbocycles. The number of primary amides is 1. The molecular formula is C20H21NO3. The lowest BCUT2D eigenvalue weighted by atomic mass is 10.1. The zero-order chi connectivity index (χ0) is 16.8. The van der Waals surface area contributed by atoms with Crippen LogP contribution < -0.4 is 10.5 Å². The van der Waals surface area contributed by atoms with Gasteiger partial charge in [-0.1, -0.05) is 36.4 Å². The Labute approximate surface area is 141 Å². The first-order valence-corrected chi connectivity index (χ1v) is 8.17. The molecule has 0 bridgehead atoms. The summed E-state index contributed by atoms with van der Waals surface area (Å²) >= 11 is 0. The number of amides is 1. The molecule has 2 N–H and O–H groups in total. The molecule has 1 aliphatic rings. The Balaban J connectivity index is 1.63. The molecule has 3 rings (SSSR count). The highest BCUT2D eigenvalue weighted by Gasteiger charge is 2.14. The van der Waals surface area contributed by atoms with E-state index in [1.807, 2.05) is 48.6 Å². The van der Waals surface area contributed by atoms with Crippen molar-refractivity contribution in [3.05, 3.63) is 65.2 Å². The van der Waals surface area contributed by atoms with Gasteiger partial charge in [-0.2, -0.15) is 0 Å². The maximum atomic E-state index is 11.2. The van der Waals surface area contributed by atoms with Gasteiger partial charge < -0.3 is 15.2 Å². The quantitative estimate of drug-likeness (QED) is 0.850. The minimum atomic E-state index is -0.420. The fraction of sp³-hybridized carbons (Fsp3) is 0.250. The molecule has 1 aliphatic heterocycles. The first-order valence-electron chi connectivity index (χ1n) is 8.17. The van der Waals surface area contributed by atoms with E-state index in [9.17, 15) is 4.79 Å². The minimum Gasteiger partial charge on any atom is -0.465 e. The molecule has 2 aromatic carbocycles. The Hall–Kier alpha value is -2.59. The van der Waals surface area contributed by atoms with Gasteiger partial charge in [0.05, 0.1) is 6.61 Å². The average Bonchev–Trinajstić information content (AvgIpc) is 2.62. The summed E-state index contributed by atoms with van der Waals surface area (Å²) in [6, 6.07) is 15.1. The second-order valence-corrected chi connectivity index (χ2v) is 5.81. The third kappa shape index (κ3) is 4.46. The Morgan fingerprint density at radius 3 is 2.58 bits per heavy atom. The minimum absolute atomic E-state index is 0.128. The summed E-state index contributed by atoms with van der Waals surface area (Å²) in [5.74, 6) is 0.395. The summed E-state index contributed by atoms with van der Waals surface area (Å²) in [5, 5.41) is 0. The SMILES string of the molecule is NC(=O)c1cccc(C=Cc2ccc(OC3CCCCO3)cc2)c1. The summed E-state index contributed by atoms with van der Waals surface area (Å²) in [7, 11) is 0. The number of ether oxygens (including phenoxy) is 2. The third-order valence-electron chi connectivity index (χ3n) is 3.92. The molecule has 0 aromatic heterocycles. The van der Waals surface area contributed by atoms with Gasteiger partial charge in [-0.15, -0.1) is 0 Å². The average molecular weight is 323 g/mol. The zero-order valence-electron chi connectivity index (χ0n) is 13.5. The Morgan fingerprint density at radius 1 is 1.08 bits per heavy atom. The van der Waals surface area contributed by atoms with E-state index in [4.69, 9.17) is 15.2 Å². The van der Waals surface area contributed by atoms with Crippen LogP contribution in [0.4, 0.5) is 0 Å². The van der Waals surface area contributed by atoms with Crippen LogP contribution in [0.25, 0.3) is 12.2 Å². The highest BCUT2D eigenvalue weighted by molar-refractivity contribution is 5.93. The molecule has 0 spiro atoms. The van der Waals surface area contributed by atoms with E-state index >= 15 is 0 Å². The second kappa shape index (κ2) is 7.79. The molecular weight excluding hydrogens is 302 g/mol. The topological polar surface area (TPSA) is 61.6 Å². The van der Waals surface area contributed by atoms with Crippen LogP contribution in [0.3, 0.4) is 0 Å². The van der Waals surface area contributed by atoms with Crippen LogP contribution in [-0.2, 0) is 4.74 Å². The maximum Gasteiger partial charge on any atom is 0.248 e. The van der Waals surface area contributed by atoms with Gasteiger partial charge >= 0.3 is 0 Å². The van der Waals surface area contributed by atoms with Crippen LogP contribution >= 0.6 is 0 Å². The fourth-order valence-corrected chi connectivity index (χ4v) is 2.60. The molecule has 4 heteroatoms. The van der Waals surface area contributed by atoms with Crippen molar-refractivity contribution in [1.82, 2.24) is 0 Å². The smallest absolute Gasteiger partial charge is 0.248 e. The Bertz CT molecular complexity index is 716. The summed E-state index contributed by atoms with van der Waals surface area (Å²) in [5.41, 5.74) is 7.79. The van der Waals surface area contributed by atoms with Crippen molar-refractivity contribution in [3.8, 4) is 5.75 Å². The number of benzene rings is 2. The van der Waals surface area contributed by atoms with Crippen molar-refractivity contribution in [3.63, 3.8) is 0 Å². The largest absolute Gasteiger partial charge is 0.465 e. The van der Waals surface area contributed by atoms with Crippen LogP contribution in [0.1, 0.15) is 40.7 Å². The number of carbonyl (C=O) groups excluding carboxylic acids is 1. The standard InChI is InChI=1S/C20H21NO3/c21-20(22)17-5-3-4-16(14-17)8-7-15-9-11-18(12-10-15)24-19-6-1-2-13-23-19/h3-5,7-12,14,19H,1-2,6,13H2,(H2,21,22). The van der Waals surface area contributed by atoms with E-state index in [0.717, 1.165) is 42.7 Å². The van der Waals surface area contributed by atoms with E-state index in [1.54, 1.807) is 12.1 Å². The van der Waals surface area contributed by atoms with E-state index in [-0.39, 0.29) is 6.29 Å². The van der Waals surface area contributed by atoms with Gasteiger partial charge in [0.15, 0.2) is 6.29 Å². The molecule has 1 saturated heterocycles. The number of carbonyl (C=O) groups is 1. The van der Waals surface area contributed by atoms with Crippen LogP contribution in [0.5, 0.6) is 5.75 Å². The van der Waals surface area contributed by atoms with Gasteiger partial charge in [0, 0.05) is 12.0 Å². The molecule has 1 unspecified atom stereocenters. The highest BCUT2D eigenvalue weighted by atomic mass is 16.7. The molecule has 1 fully saturated rings. The number of rotatable bonds is 5. The van der Waals surface area contributed by atoms with Crippen molar-refractivity contribution in [2.24, 2.45) is 5.73 Å². The summed E-state index contributed by atoms with van der Waals surface area (Å²) in [4.78, 5) is 11.2. The Morgan fingerprint density at radius 2 is 1.88 bits per heavy atom. The lowest BCUT2D eigenvalue weighted by Gasteiger charge is -2.23. The van der Waals surface area contributed by atoms with Gasteiger partial charge in [0.25, 0.3) is 0 Å². The predicted molar refractivity (Wildman–Crippen MR) is 94.5 cm³/mol. The maximum absolute atomic E-state index is 11.2. The molecule has 0 aliphatic carbocycles. The van der Waals surface area contributed by atoms with Gasteiger partial charge in [-0.05, 0) is 48.2 Å². The fourth-order valence-electron chi connectivity index (χ4n) is 2.60. The number of hydrogen-bond acceptors (Lipinski definition) is 3. The van der Waals surface area contributed by atoms with E-state index in [2.05, 4.69) is 0 Å². The molecule has 4 nitrogen and oxygen atoms in total. The molecule has 1 amide bonds. The first kappa shape index (κ1) is 16.3. The third-order valence-corrected chi connectivity index (χ3v) is 3.92. The van der Waals surface area contributed by atoms with Crippen molar-refractivity contribution in [2.45, 2.75) is 25.6 Å². The van der Waals surface area contributed by atoms with Gasteiger partial charge in [-0.3, -0.25) is 4.79 Å². The van der Waals surface area contributed by atoms with E-state index in [1.165, 1.54) is 0 Å². The van der Waals surface area contributed by atoms with Crippen LogP contribution in [0.2, 0.25) is 0 Å². The molecule has 1 heterocycles. The van der Waals surface area contributed by atoms with Crippen molar-refractivity contribution >= 4 is 18.1 Å². The van der Waals surface area contributed by atoms with E-state index in [0.29, 0.717) is 5.56 Å². The van der Waals surface area contributed by atoms with Crippen molar-refractivity contribution in [1.29, 1.82) is 0 Å². The molecule has 0 radical (unpaired) electrons. The van der Waals surface area contributed by atoms with Gasteiger partial charge in [0.2, 0.25) is 5.91 Å². The summed E-state index contributed by atoms with van der Waals surface area (Å²) < 4.78 is 11.4. The number of nitrogens with two attached hydrogens (primary N) is 1. The van der Waals surface area contributed by atoms with Gasteiger partial charge in [-0.25, -0.2) is 0 Å². The monoisotopic (exact) mass is 323 g/mol. The van der Waals surface area contributed by atoms with Gasteiger partial charge in [0.1, 0.15) is 5.75 Å². The normalized spacial score (nSPS) is 17.8. The highest BCUT2D eigenvalue weighted by Crippen LogP contribution is 2.20. The Kier molecular flexibility index (Phi) is 5.29. The molecule has 124 valence electrons. The van der Waals surface area contributed by atoms with Crippen LogP contribution in [-0.4, -0.2) is 18.8 Å². The second-order valence-electron chi connectivity index (χ2n) is 5.81. The van der Waals surface area contributed by atoms with Crippen LogP contribution in [0.15, 0.2) is 48.5 Å². The molecule has 2 aromatic rings. The lowest BCUT2D eigenvalue weighted by molar-refractivity contribution is -0.105.